The molecule has 0 aliphatic carbocycles. The van der Waals surface area contributed by atoms with Gasteiger partial charge in [0, 0.05) is 4.88 Å². The van der Waals surface area contributed by atoms with Crippen LogP contribution in [0.15, 0.2) is 41.2 Å². The van der Waals surface area contributed by atoms with Gasteiger partial charge < -0.3 is 9.26 Å². The summed E-state index contributed by atoms with van der Waals surface area (Å²) in [6.45, 7) is 5.19. The summed E-state index contributed by atoms with van der Waals surface area (Å²) in [5.74, 6) is 0.245. The first-order valence-corrected chi connectivity index (χ1v) is 8.93. The second-order valence-electron chi connectivity index (χ2n) is 6.81. The van der Waals surface area contributed by atoms with Crippen LogP contribution in [0.1, 0.15) is 26.3 Å². The van der Waals surface area contributed by atoms with Crippen molar-refractivity contribution in [3.63, 3.8) is 0 Å². The number of halogens is 3. The van der Waals surface area contributed by atoms with E-state index in [9.17, 15) is 18.0 Å². The molecule has 10 heteroatoms. The zero-order chi connectivity index (χ0) is 20.5. The van der Waals surface area contributed by atoms with Gasteiger partial charge in [-0.2, -0.15) is 18.2 Å². The molecule has 148 valence electrons. The van der Waals surface area contributed by atoms with E-state index < -0.39 is 23.4 Å². The van der Waals surface area contributed by atoms with Gasteiger partial charge in [0.15, 0.2) is 0 Å². The second-order valence-corrected chi connectivity index (χ2v) is 7.86. The molecule has 0 unspecified atom stereocenters. The molecule has 1 aromatic carbocycles. The number of hydrogen-bond donors (Lipinski definition) is 1. The molecule has 0 bridgehead atoms. The van der Waals surface area contributed by atoms with Crippen molar-refractivity contribution in [3.8, 4) is 21.1 Å². The smallest absolute Gasteiger partial charge is 0.416 e. The summed E-state index contributed by atoms with van der Waals surface area (Å²) < 4.78 is 48.3. The minimum absolute atomic E-state index is 0.245. The SMILES string of the molecule is CC(C)(C)OC(=O)Nc1cc(-c2ccc(C(F)(F)F)cc2)sc1-c1ncon1. The number of thiophene rings is 1. The minimum Gasteiger partial charge on any atom is -0.444 e. The summed E-state index contributed by atoms with van der Waals surface area (Å²) in [5.41, 5.74) is -0.503. The summed E-state index contributed by atoms with van der Waals surface area (Å²) in [6.07, 6.45) is -3.94. The summed E-state index contributed by atoms with van der Waals surface area (Å²) in [4.78, 5) is 17.2. The lowest BCUT2D eigenvalue weighted by molar-refractivity contribution is -0.137. The van der Waals surface area contributed by atoms with Crippen LogP contribution in [0.2, 0.25) is 0 Å². The first-order valence-electron chi connectivity index (χ1n) is 8.11. The quantitative estimate of drug-likeness (QED) is 0.587. The third kappa shape index (κ3) is 4.69. The van der Waals surface area contributed by atoms with Gasteiger partial charge in [-0.15, -0.1) is 11.3 Å². The molecule has 2 aromatic heterocycles. The fourth-order valence-electron chi connectivity index (χ4n) is 2.30. The number of benzene rings is 1. The second kappa shape index (κ2) is 7.27. The van der Waals surface area contributed by atoms with Crippen LogP contribution in [0.3, 0.4) is 0 Å². The topological polar surface area (TPSA) is 77.2 Å². The molecule has 0 aliphatic heterocycles. The highest BCUT2D eigenvalue weighted by Gasteiger charge is 2.30. The molecule has 0 aliphatic rings. The lowest BCUT2D eigenvalue weighted by atomic mass is 10.1. The zero-order valence-corrected chi connectivity index (χ0v) is 15.9. The van der Waals surface area contributed by atoms with Crippen molar-refractivity contribution in [1.82, 2.24) is 10.1 Å². The summed E-state index contributed by atoms with van der Waals surface area (Å²) in [5, 5.41) is 6.39. The van der Waals surface area contributed by atoms with Crippen molar-refractivity contribution < 1.29 is 27.2 Å². The highest BCUT2D eigenvalue weighted by molar-refractivity contribution is 7.19. The molecular weight excluding hydrogens is 395 g/mol. The number of amides is 1. The average molecular weight is 411 g/mol. The van der Waals surface area contributed by atoms with Gasteiger partial charge in [-0.3, -0.25) is 5.32 Å². The summed E-state index contributed by atoms with van der Waals surface area (Å²) in [7, 11) is 0. The molecule has 6 nitrogen and oxygen atoms in total. The normalized spacial score (nSPS) is 12.1. The predicted octanol–water partition coefficient (Wildman–Crippen LogP) is 5.83. The Morgan fingerprint density at radius 1 is 1.18 bits per heavy atom. The van der Waals surface area contributed by atoms with Gasteiger partial charge in [-0.1, -0.05) is 17.3 Å². The van der Waals surface area contributed by atoms with E-state index in [2.05, 4.69) is 15.5 Å². The third-order valence-corrected chi connectivity index (χ3v) is 4.61. The monoisotopic (exact) mass is 411 g/mol. The number of ether oxygens (including phenoxy) is 1. The Morgan fingerprint density at radius 3 is 2.39 bits per heavy atom. The van der Waals surface area contributed by atoms with Crippen LogP contribution < -0.4 is 5.32 Å². The first kappa shape index (κ1) is 19.9. The number of nitrogens with zero attached hydrogens (tertiary/aromatic N) is 2. The maximum absolute atomic E-state index is 12.8. The fraction of sp³-hybridized carbons (Fsp3) is 0.278. The van der Waals surface area contributed by atoms with E-state index in [0.717, 1.165) is 18.5 Å². The van der Waals surface area contributed by atoms with Crippen molar-refractivity contribution in [3.05, 3.63) is 42.3 Å². The molecule has 1 N–H and O–H groups in total. The van der Waals surface area contributed by atoms with Crippen molar-refractivity contribution in [1.29, 1.82) is 0 Å². The van der Waals surface area contributed by atoms with Crippen LogP contribution in [0.4, 0.5) is 23.7 Å². The molecule has 0 saturated heterocycles. The maximum atomic E-state index is 12.8. The van der Waals surface area contributed by atoms with Crippen LogP contribution in [0.5, 0.6) is 0 Å². The molecule has 3 aromatic rings. The minimum atomic E-state index is -4.41. The summed E-state index contributed by atoms with van der Waals surface area (Å²) in [6, 6.07) is 6.37. The van der Waals surface area contributed by atoms with Crippen molar-refractivity contribution in [2.75, 3.05) is 5.32 Å². The molecule has 0 atom stereocenters. The van der Waals surface area contributed by atoms with Gasteiger partial charge in [0.25, 0.3) is 0 Å². The summed E-state index contributed by atoms with van der Waals surface area (Å²) >= 11 is 1.21. The first-order chi connectivity index (χ1) is 13.0. The Balaban J connectivity index is 1.94. The number of rotatable bonds is 3. The number of alkyl halides is 3. The van der Waals surface area contributed by atoms with Gasteiger partial charge in [0.05, 0.1) is 16.1 Å². The average Bonchev–Trinajstić information content (AvgIpc) is 3.21. The van der Waals surface area contributed by atoms with E-state index >= 15 is 0 Å². The Morgan fingerprint density at radius 2 is 1.86 bits per heavy atom. The highest BCUT2D eigenvalue weighted by Crippen LogP contribution is 2.41. The fourth-order valence-corrected chi connectivity index (χ4v) is 3.35. The Bertz CT molecular complexity index is 959. The van der Waals surface area contributed by atoms with E-state index in [1.807, 2.05) is 0 Å². The number of carbonyl (C=O) groups excluding carboxylic acids is 1. The zero-order valence-electron chi connectivity index (χ0n) is 15.1. The molecule has 28 heavy (non-hydrogen) atoms. The molecule has 0 radical (unpaired) electrons. The van der Waals surface area contributed by atoms with Crippen molar-refractivity contribution >= 4 is 23.1 Å². The largest absolute Gasteiger partial charge is 0.444 e. The standard InChI is InChI=1S/C18H16F3N3O3S/c1-17(2,3)27-16(25)23-12-8-13(28-14(12)15-22-9-26-24-15)10-4-6-11(7-5-10)18(19,20)21/h4-9H,1-3H3,(H,23,25). The number of hydrogen-bond acceptors (Lipinski definition) is 6. The molecule has 1 amide bonds. The molecular formula is C18H16F3N3O3S. The number of aromatic nitrogens is 2. The third-order valence-electron chi connectivity index (χ3n) is 3.43. The van der Waals surface area contributed by atoms with Crippen LogP contribution in [-0.2, 0) is 10.9 Å². The molecule has 3 rings (SSSR count). The van der Waals surface area contributed by atoms with Crippen LogP contribution in [0.25, 0.3) is 21.1 Å². The van der Waals surface area contributed by atoms with Crippen LogP contribution in [0, 0.1) is 0 Å². The highest BCUT2D eigenvalue weighted by atomic mass is 32.1. The van der Waals surface area contributed by atoms with E-state index in [-0.39, 0.29) is 5.82 Å². The number of anilines is 1. The lowest BCUT2D eigenvalue weighted by Gasteiger charge is -2.19. The molecule has 2 heterocycles. The molecule has 0 fully saturated rings. The van der Waals surface area contributed by atoms with E-state index in [4.69, 9.17) is 9.26 Å². The van der Waals surface area contributed by atoms with Crippen LogP contribution >= 0.6 is 11.3 Å². The predicted molar refractivity (Wildman–Crippen MR) is 97.9 cm³/mol. The van der Waals surface area contributed by atoms with E-state index in [1.54, 1.807) is 26.8 Å². The Kier molecular flexibility index (Phi) is 5.16. The van der Waals surface area contributed by atoms with Crippen LogP contribution in [-0.4, -0.2) is 21.8 Å². The lowest BCUT2D eigenvalue weighted by Crippen LogP contribution is -2.27. The van der Waals surface area contributed by atoms with E-state index in [0.29, 0.717) is 21.0 Å². The van der Waals surface area contributed by atoms with Gasteiger partial charge in [0.1, 0.15) is 5.60 Å². The van der Waals surface area contributed by atoms with Gasteiger partial charge in [0.2, 0.25) is 12.2 Å². The molecule has 0 spiro atoms. The van der Waals surface area contributed by atoms with Gasteiger partial charge >= 0.3 is 12.3 Å². The van der Waals surface area contributed by atoms with E-state index in [1.165, 1.54) is 23.5 Å². The number of carbonyl (C=O) groups is 1. The van der Waals surface area contributed by atoms with Crippen molar-refractivity contribution in [2.45, 2.75) is 32.5 Å². The maximum Gasteiger partial charge on any atom is 0.416 e. The van der Waals surface area contributed by atoms with Gasteiger partial charge in [-0.05, 0) is 44.5 Å². The van der Waals surface area contributed by atoms with Gasteiger partial charge in [-0.25, -0.2) is 4.79 Å². The molecule has 0 saturated carbocycles. The Labute approximate surface area is 162 Å². The van der Waals surface area contributed by atoms with Crippen molar-refractivity contribution in [2.24, 2.45) is 0 Å². The Hall–Kier alpha value is -2.88. The number of nitrogens with one attached hydrogen (secondary N) is 1.